The molecule has 5 aromatic rings. The van der Waals surface area contributed by atoms with Crippen molar-refractivity contribution in [3.8, 4) is 11.5 Å². The van der Waals surface area contributed by atoms with Crippen LogP contribution in [0.5, 0.6) is 11.5 Å². The number of hydrazone groups is 1. The maximum atomic E-state index is 12.7. The van der Waals surface area contributed by atoms with Crippen LogP contribution in [0.25, 0.3) is 10.8 Å². The lowest BCUT2D eigenvalue weighted by molar-refractivity contribution is 0.0734. The van der Waals surface area contributed by atoms with Crippen molar-refractivity contribution in [2.45, 2.75) is 13.5 Å². The molecule has 0 heterocycles. The van der Waals surface area contributed by atoms with Gasteiger partial charge in [0.1, 0.15) is 18.1 Å². The Balaban J connectivity index is 1.27. The van der Waals surface area contributed by atoms with Gasteiger partial charge in [-0.1, -0.05) is 78.4 Å². The lowest BCUT2D eigenvalue weighted by Gasteiger charge is -2.10. The Kier molecular flexibility index (Phi) is 7.74. The predicted octanol–water partition coefficient (Wildman–Crippen LogP) is 6.71. The SMILES string of the molecule is Cc1ccc(COc2ccc(C(=O)N/N=C/c3c(OC(=O)c4ccccc4)ccc4ccccc34)cc2)cc1. The highest BCUT2D eigenvalue weighted by molar-refractivity contribution is 6.04. The van der Waals surface area contributed by atoms with Gasteiger partial charge in [-0.25, -0.2) is 10.2 Å². The van der Waals surface area contributed by atoms with Gasteiger partial charge < -0.3 is 9.47 Å². The van der Waals surface area contributed by atoms with E-state index in [0.29, 0.717) is 34.8 Å². The van der Waals surface area contributed by atoms with Crippen molar-refractivity contribution >= 4 is 28.9 Å². The van der Waals surface area contributed by atoms with Crippen LogP contribution in [0.15, 0.2) is 120 Å². The van der Waals surface area contributed by atoms with Gasteiger partial charge in [0.05, 0.1) is 11.8 Å². The first kappa shape index (κ1) is 25.4. The van der Waals surface area contributed by atoms with E-state index in [2.05, 4.69) is 10.5 Å². The van der Waals surface area contributed by atoms with Crippen LogP contribution in [0.1, 0.15) is 37.4 Å². The van der Waals surface area contributed by atoms with E-state index in [1.54, 1.807) is 54.6 Å². The monoisotopic (exact) mass is 514 g/mol. The molecule has 0 bridgehead atoms. The summed E-state index contributed by atoms with van der Waals surface area (Å²) in [6, 6.07) is 35.0. The average Bonchev–Trinajstić information content (AvgIpc) is 2.98. The number of esters is 1. The smallest absolute Gasteiger partial charge is 0.343 e. The van der Waals surface area contributed by atoms with Crippen LogP contribution in [-0.4, -0.2) is 18.1 Å². The van der Waals surface area contributed by atoms with E-state index in [1.807, 2.05) is 67.6 Å². The molecule has 0 aliphatic heterocycles. The number of hydrogen-bond acceptors (Lipinski definition) is 5. The third kappa shape index (κ3) is 6.37. The van der Waals surface area contributed by atoms with Crippen LogP contribution in [0.2, 0.25) is 0 Å². The zero-order valence-corrected chi connectivity index (χ0v) is 21.3. The van der Waals surface area contributed by atoms with Crippen molar-refractivity contribution in [3.05, 3.63) is 143 Å². The summed E-state index contributed by atoms with van der Waals surface area (Å²) < 4.78 is 11.5. The van der Waals surface area contributed by atoms with Crippen LogP contribution in [0.3, 0.4) is 0 Å². The van der Waals surface area contributed by atoms with Crippen molar-refractivity contribution in [2.24, 2.45) is 5.10 Å². The maximum Gasteiger partial charge on any atom is 0.343 e. The number of carbonyl (C=O) groups is 2. The fourth-order valence-electron chi connectivity index (χ4n) is 4.00. The number of carbonyl (C=O) groups excluding carboxylic acids is 2. The van der Waals surface area contributed by atoms with Crippen molar-refractivity contribution < 1.29 is 19.1 Å². The molecular formula is C33H26N2O4. The first-order chi connectivity index (χ1) is 19.1. The summed E-state index contributed by atoms with van der Waals surface area (Å²) in [5.74, 6) is 0.153. The molecule has 0 atom stereocenters. The normalized spacial score (nSPS) is 10.9. The molecule has 5 rings (SSSR count). The van der Waals surface area contributed by atoms with E-state index in [0.717, 1.165) is 16.3 Å². The van der Waals surface area contributed by atoms with Gasteiger partial charge in [-0.2, -0.15) is 5.10 Å². The molecule has 5 aromatic carbocycles. The second-order valence-corrected chi connectivity index (χ2v) is 8.95. The van der Waals surface area contributed by atoms with E-state index in [-0.39, 0.29) is 5.91 Å². The Labute approximate surface area is 226 Å². The number of aryl methyl sites for hydroxylation is 1. The third-order valence-electron chi connectivity index (χ3n) is 6.15. The van der Waals surface area contributed by atoms with Gasteiger partial charge in [0.25, 0.3) is 5.91 Å². The minimum absolute atomic E-state index is 0.343. The molecule has 0 radical (unpaired) electrons. The second-order valence-electron chi connectivity index (χ2n) is 8.95. The molecule has 6 heteroatoms. The second kappa shape index (κ2) is 11.9. The van der Waals surface area contributed by atoms with Crippen LogP contribution in [-0.2, 0) is 6.61 Å². The van der Waals surface area contributed by atoms with Gasteiger partial charge in [-0.15, -0.1) is 0 Å². The number of benzene rings is 5. The highest BCUT2D eigenvalue weighted by Gasteiger charge is 2.13. The molecular weight excluding hydrogens is 488 g/mol. The van der Waals surface area contributed by atoms with E-state index < -0.39 is 5.97 Å². The Morgan fingerprint density at radius 3 is 2.26 bits per heavy atom. The van der Waals surface area contributed by atoms with Crippen molar-refractivity contribution in [3.63, 3.8) is 0 Å². The number of rotatable bonds is 8. The van der Waals surface area contributed by atoms with Gasteiger partial charge in [0.15, 0.2) is 0 Å². The maximum absolute atomic E-state index is 12.7. The van der Waals surface area contributed by atoms with Crippen molar-refractivity contribution in [1.29, 1.82) is 0 Å². The number of ether oxygens (including phenoxy) is 2. The molecule has 0 fully saturated rings. The van der Waals surface area contributed by atoms with Crippen LogP contribution in [0.4, 0.5) is 0 Å². The zero-order valence-electron chi connectivity index (χ0n) is 21.3. The molecule has 0 aromatic heterocycles. The largest absolute Gasteiger partial charge is 0.489 e. The van der Waals surface area contributed by atoms with Crippen LogP contribution >= 0.6 is 0 Å². The Morgan fingerprint density at radius 1 is 0.769 bits per heavy atom. The molecule has 6 nitrogen and oxygen atoms in total. The van der Waals surface area contributed by atoms with Crippen molar-refractivity contribution in [2.75, 3.05) is 0 Å². The molecule has 39 heavy (non-hydrogen) atoms. The highest BCUT2D eigenvalue weighted by Crippen LogP contribution is 2.27. The highest BCUT2D eigenvalue weighted by atomic mass is 16.5. The first-order valence-corrected chi connectivity index (χ1v) is 12.5. The molecule has 192 valence electrons. The summed E-state index contributed by atoms with van der Waals surface area (Å²) in [4.78, 5) is 25.4. The van der Waals surface area contributed by atoms with Gasteiger partial charge in [-0.3, -0.25) is 4.79 Å². The molecule has 1 N–H and O–H groups in total. The van der Waals surface area contributed by atoms with Crippen molar-refractivity contribution in [1.82, 2.24) is 5.43 Å². The molecule has 0 saturated carbocycles. The number of fused-ring (bicyclic) bond motifs is 1. The quantitative estimate of drug-likeness (QED) is 0.108. The number of nitrogens with zero attached hydrogens (tertiary/aromatic N) is 1. The minimum Gasteiger partial charge on any atom is -0.489 e. The summed E-state index contributed by atoms with van der Waals surface area (Å²) in [7, 11) is 0. The lowest BCUT2D eigenvalue weighted by Crippen LogP contribution is -2.17. The lowest BCUT2D eigenvalue weighted by atomic mass is 10.0. The van der Waals surface area contributed by atoms with E-state index in [4.69, 9.17) is 9.47 Å². The molecule has 0 aliphatic rings. The summed E-state index contributed by atoms with van der Waals surface area (Å²) in [5, 5.41) is 5.95. The van der Waals surface area contributed by atoms with Gasteiger partial charge >= 0.3 is 5.97 Å². The molecule has 0 unspecified atom stereocenters. The zero-order chi connectivity index (χ0) is 27.0. The standard InChI is InChI=1S/C33H26N2O4/c1-23-11-13-24(14-12-23)22-38-28-18-15-26(16-19-28)32(36)35-34-21-30-29-10-6-5-7-25(29)17-20-31(30)39-33(37)27-8-3-2-4-9-27/h2-21H,22H2,1H3,(H,35,36)/b34-21+. The summed E-state index contributed by atoms with van der Waals surface area (Å²) >= 11 is 0. The molecule has 1 amide bonds. The van der Waals surface area contributed by atoms with Gasteiger partial charge in [0, 0.05) is 11.1 Å². The van der Waals surface area contributed by atoms with E-state index in [9.17, 15) is 9.59 Å². The first-order valence-electron chi connectivity index (χ1n) is 12.5. The molecule has 0 saturated heterocycles. The van der Waals surface area contributed by atoms with E-state index in [1.165, 1.54) is 11.8 Å². The fourth-order valence-corrected chi connectivity index (χ4v) is 4.00. The summed E-state index contributed by atoms with van der Waals surface area (Å²) in [5.41, 5.74) is 6.27. The summed E-state index contributed by atoms with van der Waals surface area (Å²) in [6.45, 7) is 2.48. The molecule has 0 aliphatic carbocycles. The fraction of sp³-hybridized carbons (Fsp3) is 0.0606. The molecule has 0 spiro atoms. The summed E-state index contributed by atoms with van der Waals surface area (Å²) in [6.07, 6.45) is 1.49. The number of nitrogens with one attached hydrogen (secondary N) is 1. The minimum atomic E-state index is -0.478. The Morgan fingerprint density at radius 2 is 1.49 bits per heavy atom. The topological polar surface area (TPSA) is 77.0 Å². The average molecular weight is 515 g/mol. The van der Waals surface area contributed by atoms with Gasteiger partial charge in [-0.05, 0) is 65.7 Å². The Bertz CT molecular complexity index is 1630. The number of amides is 1. The van der Waals surface area contributed by atoms with Crippen LogP contribution < -0.4 is 14.9 Å². The predicted molar refractivity (Wildman–Crippen MR) is 152 cm³/mol. The van der Waals surface area contributed by atoms with Gasteiger partial charge in [0.2, 0.25) is 0 Å². The third-order valence-corrected chi connectivity index (χ3v) is 6.15. The number of hydrogen-bond donors (Lipinski definition) is 1. The van der Waals surface area contributed by atoms with Crippen LogP contribution in [0, 0.1) is 6.92 Å². The van der Waals surface area contributed by atoms with E-state index >= 15 is 0 Å². The Hall–Kier alpha value is -5.23.